The molecule has 0 saturated carbocycles. The number of nitrogens with two attached hydrogens (primary N) is 1. The average Bonchev–Trinajstić information content (AvgIpc) is 2.59. The van der Waals surface area contributed by atoms with Gasteiger partial charge in [0.15, 0.2) is 5.96 Å². The number of rotatable bonds is 3. The second-order valence-electron chi connectivity index (χ2n) is 4.93. The second-order valence-corrected chi connectivity index (χ2v) is 4.93. The first kappa shape index (κ1) is 18.2. The van der Waals surface area contributed by atoms with Gasteiger partial charge in [-0.25, -0.2) is 4.99 Å². The van der Waals surface area contributed by atoms with Gasteiger partial charge in [0, 0.05) is 11.3 Å². The minimum atomic E-state index is -4.35. The van der Waals surface area contributed by atoms with E-state index in [2.05, 4.69) is 22.2 Å². The normalized spacial score (nSPS) is 11.4. The van der Waals surface area contributed by atoms with Gasteiger partial charge in [-0.3, -0.25) is 0 Å². The van der Waals surface area contributed by atoms with Gasteiger partial charge in [-0.1, -0.05) is 11.8 Å². The number of hydrogen-bond donors (Lipinski definition) is 2. The fraction of sp³-hybridized carbons (Fsp3) is 0.167. The van der Waals surface area contributed by atoms with Crippen molar-refractivity contribution in [3.05, 3.63) is 59.7 Å². The van der Waals surface area contributed by atoms with Gasteiger partial charge in [0.05, 0.1) is 12.7 Å². The SMILES string of the molecule is COc1ccc(NC(N)=NCC#Cc2ccc(C(F)(F)F)cc2)cc1. The van der Waals surface area contributed by atoms with Crippen LogP contribution in [0.5, 0.6) is 5.75 Å². The largest absolute Gasteiger partial charge is 0.497 e. The zero-order valence-corrected chi connectivity index (χ0v) is 13.4. The van der Waals surface area contributed by atoms with E-state index in [0.717, 1.165) is 23.6 Å². The molecule has 0 heterocycles. The molecule has 2 rings (SSSR count). The minimum Gasteiger partial charge on any atom is -0.497 e. The van der Waals surface area contributed by atoms with Crippen LogP contribution in [0.4, 0.5) is 18.9 Å². The molecule has 0 bridgehead atoms. The van der Waals surface area contributed by atoms with Crippen LogP contribution in [0.3, 0.4) is 0 Å². The Bertz CT molecular complexity index is 786. The average molecular weight is 347 g/mol. The van der Waals surface area contributed by atoms with E-state index in [1.807, 2.05) is 0 Å². The highest BCUT2D eigenvalue weighted by atomic mass is 19.4. The van der Waals surface area contributed by atoms with Gasteiger partial charge in [-0.15, -0.1) is 0 Å². The summed E-state index contributed by atoms with van der Waals surface area (Å²) in [5.41, 5.74) is 6.26. The number of nitrogens with one attached hydrogen (secondary N) is 1. The molecule has 25 heavy (non-hydrogen) atoms. The Balaban J connectivity index is 1.90. The summed E-state index contributed by atoms with van der Waals surface area (Å²) in [6.07, 6.45) is -4.35. The van der Waals surface area contributed by atoms with Crippen molar-refractivity contribution in [3.8, 4) is 17.6 Å². The Kier molecular flexibility index (Phi) is 5.90. The first-order valence-electron chi connectivity index (χ1n) is 7.25. The highest BCUT2D eigenvalue weighted by molar-refractivity contribution is 5.92. The van der Waals surface area contributed by atoms with Gasteiger partial charge in [0.1, 0.15) is 12.3 Å². The quantitative estimate of drug-likeness (QED) is 0.508. The van der Waals surface area contributed by atoms with E-state index in [1.54, 1.807) is 31.4 Å². The second kappa shape index (κ2) is 8.11. The predicted molar refractivity (Wildman–Crippen MR) is 91.4 cm³/mol. The van der Waals surface area contributed by atoms with E-state index in [0.29, 0.717) is 5.56 Å². The molecular weight excluding hydrogens is 331 g/mol. The number of alkyl halides is 3. The van der Waals surface area contributed by atoms with Crippen molar-refractivity contribution in [2.45, 2.75) is 6.18 Å². The molecule has 0 saturated heterocycles. The Morgan fingerprint density at radius 1 is 1.12 bits per heavy atom. The van der Waals surface area contributed by atoms with Gasteiger partial charge in [0.25, 0.3) is 0 Å². The molecule has 130 valence electrons. The van der Waals surface area contributed by atoms with Crippen LogP contribution in [-0.4, -0.2) is 19.6 Å². The summed E-state index contributed by atoms with van der Waals surface area (Å²) in [6, 6.07) is 11.8. The van der Waals surface area contributed by atoms with Gasteiger partial charge >= 0.3 is 6.18 Å². The molecule has 2 aromatic carbocycles. The maximum atomic E-state index is 12.5. The van der Waals surface area contributed by atoms with Gasteiger partial charge in [-0.2, -0.15) is 13.2 Å². The predicted octanol–water partition coefficient (Wildman–Crippen LogP) is 3.49. The molecule has 0 spiro atoms. The molecule has 4 nitrogen and oxygen atoms in total. The smallest absolute Gasteiger partial charge is 0.416 e. The summed E-state index contributed by atoms with van der Waals surface area (Å²) >= 11 is 0. The van der Waals surface area contributed by atoms with Crippen molar-refractivity contribution in [3.63, 3.8) is 0 Å². The number of methoxy groups -OCH3 is 1. The van der Waals surface area contributed by atoms with Crippen LogP contribution in [0, 0.1) is 11.8 Å². The molecule has 0 aromatic heterocycles. The summed E-state index contributed by atoms with van der Waals surface area (Å²) in [6.45, 7) is 0.121. The molecule has 0 aliphatic rings. The van der Waals surface area contributed by atoms with Crippen molar-refractivity contribution in [1.82, 2.24) is 0 Å². The zero-order valence-electron chi connectivity index (χ0n) is 13.4. The maximum Gasteiger partial charge on any atom is 0.416 e. The van der Waals surface area contributed by atoms with E-state index >= 15 is 0 Å². The lowest BCUT2D eigenvalue weighted by Crippen LogP contribution is -2.22. The number of benzene rings is 2. The van der Waals surface area contributed by atoms with Crippen LogP contribution < -0.4 is 15.8 Å². The third-order valence-electron chi connectivity index (χ3n) is 3.14. The van der Waals surface area contributed by atoms with Crippen molar-refractivity contribution in [2.75, 3.05) is 19.0 Å². The molecule has 0 aliphatic carbocycles. The third kappa shape index (κ3) is 5.77. The fourth-order valence-corrected chi connectivity index (χ4v) is 1.87. The highest BCUT2D eigenvalue weighted by Gasteiger charge is 2.29. The van der Waals surface area contributed by atoms with Gasteiger partial charge in [0.2, 0.25) is 0 Å². The standard InChI is InChI=1S/C18H16F3N3O/c1-25-16-10-8-15(9-11-16)24-17(22)23-12-2-3-13-4-6-14(7-5-13)18(19,20)21/h4-11H,12H2,1H3,(H3,22,23,24). The lowest BCUT2D eigenvalue weighted by molar-refractivity contribution is -0.137. The van der Waals surface area contributed by atoms with Crippen LogP contribution in [0.15, 0.2) is 53.5 Å². The first-order valence-corrected chi connectivity index (χ1v) is 7.25. The molecule has 2 aromatic rings. The van der Waals surface area contributed by atoms with E-state index < -0.39 is 11.7 Å². The van der Waals surface area contributed by atoms with Crippen LogP contribution >= 0.6 is 0 Å². The van der Waals surface area contributed by atoms with E-state index in [1.165, 1.54) is 12.1 Å². The van der Waals surface area contributed by atoms with Crippen LogP contribution in [0.25, 0.3) is 0 Å². The molecule has 0 radical (unpaired) electrons. The lowest BCUT2D eigenvalue weighted by Gasteiger charge is -2.06. The summed E-state index contributed by atoms with van der Waals surface area (Å²) in [7, 11) is 1.58. The minimum absolute atomic E-state index is 0.121. The van der Waals surface area contributed by atoms with Crippen LogP contribution in [0.1, 0.15) is 11.1 Å². The Morgan fingerprint density at radius 3 is 2.32 bits per heavy atom. The molecule has 0 amide bonds. The van der Waals surface area contributed by atoms with Crippen LogP contribution in [-0.2, 0) is 6.18 Å². The number of guanidine groups is 1. The molecule has 0 aliphatic heterocycles. The van der Waals surface area contributed by atoms with E-state index in [4.69, 9.17) is 10.5 Å². The summed E-state index contributed by atoms with van der Waals surface area (Å²) in [4.78, 5) is 4.03. The number of anilines is 1. The Hall–Kier alpha value is -3.14. The fourth-order valence-electron chi connectivity index (χ4n) is 1.87. The number of nitrogens with zero attached hydrogens (tertiary/aromatic N) is 1. The zero-order chi connectivity index (χ0) is 18.3. The Morgan fingerprint density at radius 2 is 1.76 bits per heavy atom. The molecular formula is C18H16F3N3O. The molecule has 0 fully saturated rings. The topological polar surface area (TPSA) is 59.6 Å². The number of ether oxygens (including phenoxy) is 1. The maximum absolute atomic E-state index is 12.5. The van der Waals surface area contributed by atoms with Crippen LogP contribution in [0.2, 0.25) is 0 Å². The summed E-state index contributed by atoms with van der Waals surface area (Å²) < 4.78 is 42.4. The first-order chi connectivity index (χ1) is 11.9. The van der Waals surface area contributed by atoms with E-state index in [9.17, 15) is 13.2 Å². The van der Waals surface area contributed by atoms with E-state index in [-0.39, 0.29) is 12.5 Å². The van der Waals surface area contributed by atoms with Gasteiger partial charge in [-0.05, 0) is 48.5 Å². The summed E-state index contributed by atoms with van der Waals surface area (Å²) in [5, 5.41) is 2.90. The number of halogens is 3. The molecule has 0 unspecified atom stereocenters. The van der Waals surface area contributed by atoms with Gasteiger partial charge < -0.3 is 15.8 Å². The van der Waals surface area contributed by atoms with Crippen molar-refractivity contribution >= 4 is 11.6 Å². The summed E-state index contributed by atoms with van der Waals surface area (Å²) in [5.74, 6) is 6.38. The molecule has 3 N–H and O–H groups in total. The van der Waals surface area contributed by atoms with Crippen molar-refractivity contribution in [2.24, 2.45) is 10.7 Å². The highest BCUT2D eigenvalue weighted by Crippen LogP contribution is 2.28. The monoisotopic (exact) mass is 347 g/mol. The van der Waals surface area contributed by atoms with Crippen molar-refractivity contribution in [1.29, 1.82) is 0 Å². The Labute approximate surface area is 143 Å². The number of hydrogen-bond acceptors (Lipinski definition) is 2. The third-order valence-corrected chi connectivity index (χ3v) is 3.14. The number of aliphatic imine (C=N–C) groups is 1. The van der Waals surface area contributed by atoms with Crippen molar-refractivity contribution < 1.29 is 17.9 Å². The molecule has 7 heteroatoms. The molecule has 0 atom stereocenters. The lowest BCUT2D eigenvalue weighted by atomic mass is 10.1.